The van der Waals surface area contributed by atoms with Crippen LogP contribution < -0.4 is 0 Å². The molecule has 0 heterocycles. The molecule has 1 aliphatic rings. The lowest BCUT2D eigenvalue weighted by Gasteiger charge is -2.12. The van der Waals surface area contributed by atoms with Crippen LogP contribution in [-0.2, 0) is 0 Å². The first-order valence-corrected chi connectivity index (χ1v) is 6.77. The Morgan fingerprint density at radius 3 is 2.72 bits per heavy atom. The second-order valence-corrected chi connectivity index (χ2v) is 4.90. The van der Waals surface area contributed by atoms with Gasteiger partial charge in [-0.1, -0.05) is 49.8 Å². The molecule has 0 aromatic heterocycles. The quantitative estimate of drug-likeness (QED) is 0.701. The van der Waals surface area contributed by atoms with Gasteiger partial charge in [0.05, 0.1) is 0 Å². The van der Waals surface area contributed by atoms with Gasteiger partial charge >= 0.3 is 0 Å². The van der Waals surface area contributed by atoms with E-state index in [0.717, 1.165) is 37.0 Å². The molecule has 0 bridgehead atoms. The summed E-state index contributed by atoms with van der Waals surface area (Å²) < 4.78 is 0. The molecule has 1 aromatic rings. The van der Waals surface area contributed by atoms with Gasteiger partial charge in [-0.15, -0.1) is 0 Å². The van der Waals surface area contributed by atoms with E-state index in [2.05, 4.69) is 44.2 Å². The fourth-order valence-electron chi connectivity index (χ4n) is 2.44. The van der Waals surface area contributed by atoms with Crippen molar-refractivity contribution in [3.05, 3.63) is 53.1 Å². The SMILES string of the molecule is CCCCC(=N)c1ccccc1C1=C(C)C=CC1. The lowest BCUT2D eigenvalue weighted by molar-refractivity contribution is 0.833. The molecule has 1 aliphatic carbocycles. The Morgan fingerprint density at radius 2 is 2.06 bits per heavy atom. The van der Waals surface area contributed by atoms with Crippen molar-refractivity contribution in [3.8, 4) is 0 Å². The van der Waals surface area contributed by atoms with Crippen LogP contribution in [0.15, 0.2) is 42.0 Å². The molecule has 1 aromatic carbocycles. The van der Waals surface area contributed by atoms with E-state index < -0.39 is 0 Å². The first-order chi connectivity index (χ1) is 8.74. The molecule has 1 nitrogen and oxygen atoms in total. The molecule has 1 N–H and O–H groups in total. The minimum absolute atomic E-state index is 0.777. The predicted molar refractivity (Wildman–Crippen MR) is 79.1 cm³/mol. The van der Waals surface area contributed by atoms with Crippen LogP contribution in [0.1, 0.15) is 50.7 Å². The second-order valence-electron chi connectivity index (χ2n) is 4.90. The van der Waals surface area contributed by atoms with Crippen molar-refractivity contribution in [2.75, 3.05) is 0 Å². The van der Waals surface area contributed by atoms with E-state index in [9.17, 15) is 0 Å². The third kappa shape index (κ3) is 2.61. The van der Waals surface area contributed by atoms with E-state index in [4.69, 9.17) is 5.41 Å². The van der Waals surface area contributed by atoms with Gasteiger partial charge in [0.25, 0.3) is 0 Å². The Kier molecular flexibility index (Phi) is 4.14. The standard InChI is InChI=1S/C17H21N/c1-3-4-12-17(18)16-10-6-5-9-15(16)14-11-7-8-13(14)2/h5-10,18H,3-4,11-12H2,1-2H3. The van der Waals surface area contributed by atoms with E-state index in [-0.39, 0.29) is 0 Å². The lowest BCUT2D eigenvalue weighted by atomic mass is 9.92. The van der Waals surface area contributed by atoms with E-state index in [0.29, 0.717) is 0 Å². The zero-order valence-electron chi connectivity index (χ0n) is 11.3. The van der Waals surface area contributed by atoms with Gasteiger partial charge in [-0.05, 0) is 42.9 Å². The van der Waals surface area contributed by atoms with Gasteiger partial charge < -0.3 is 5.41 Å². The van der Waals surface area contributed by atoms with Crippen LogP contribution in [0, 0.1) is 5.41 Å². The van der Waals surface area contributed by atoms with Crippen LogP contribution in [0.5, 0.6) is 0 Å². The zero-order valence-corrected chi connectivity index (χ0v) is 11.3. The summed E-state index contributed by atoms with van der Waals surface area (Å²) in [6.45, 7) is 4.33. The molecule has 0 aliphatic heterocycles. The van der Waals surface area contributed by atoms with Crippen molar-refractivity contribution in [2.24, 2.45) is 0 Å². The van der Waals surface area contributed by atoms with E-state index in [1.807, 2.05) is 6.07 Å². The third-order valence-electron chi connectivity index (χ3n) is 3.52. The van der Waals surface area contributed by atoms with E-state index >= 15 is 0 Å². The van der Waals surface area contributed by atoms with Gasteiger partial charge in [-0.25, -0.2) is 0 Å². The van der Waals surface area contributed by atoms with Gasteiger partial charge in [0.2, 0.25) is 0 Å². The zero-order chi connectivity index (χ0) is 13.0. The smallest absolute Gasteiger partial charge is 0.0392 e. The molecule has 1 heteroatoms. The van der Waals surface area contributed by atoms with Gasteiger partial charge in [0.15, 0.2) is 0 Å². The molecule has 0 fully saturated rings. The van der Waals surface area contributed by atoms with Crippen molar-refractivity contribution in [1.29, 1.82) is 5.41 Å². The van der Waals surface area contributed by atoms with Crippen molar-refractivity contribution in [3.63, 3.8) is 0 Å². The number of rotatable bonds is 5. The molecule has 2 rings (SSSR count). The molecule has 94 valence electrons. The second kappa shape index (κ2) is 5.81. The summed E-state index contributed by atoms with van der Waals surface area (Å²) >= 11 is 0. The Hall–Kier alpha value is -1.63. The molecular formula is C17H21N. The molecule has 0 spiro atoms. The maximum atomic E-state index is 8.26. The Balaban J connectivity index is 2.32. The lowest BCUT2D eigenvalue weighted by Crippen LogP contribution is -2.03. The molecule has 0 atom stereocenters. The van der Waals surface area contributed by atoms with Crippen LogP contribution >= 0.6 is 0 Å². The minimum atomic E-state index is 0.777. The van der Waals surface area contributed by atoms with E-state index in [1.165, 1.54) is 16.7 Å². The number of nitrogens with one attached hydrogen (secondary N) is 1. The summed E-state index contributed by atoms with van der Waals surface area (Å²) in [5.41, 5.74) is 5.86. The summed E-state index contributed by atoms with van der Waals surface area (Å²) in [6, 6.07) is 8.36. The molecule has 0 saturated heterocycles. The normalized spacial score (nSPS) is 14.3. The first-order valence-electron chi connectivity index (χ1n) is 6.77. The number of benzene rings is 1. The van der Waals surface area contributed by atoms with Gasteiger partial charge in [-0.3, -0.25) is 0 Å². The Labute approximate surface area is 110 Å². The molecule has 0 saturated carbocycles. The number of unbranched alkanes of at least 4 members (excludes halogenated alkanes) is 1. The molecule has 0 radical (unpaired) electrons. The van der Waals surface area contributed by atoms with Crippen LogP contribution in [-0.4, -0.2) is 5.71 Å². The average molecular weight is 239 g/mol. The first kappa shape index (κ1) is 12.8. The number of hydrogen-bond acceptors (Lipinski definition) is 1. The topological polar surface area (TPSA) is 23.9 Å². The van der Waals surface area contributed by atoms with E-state index in [1.54, 1.807) is 0 Å². The molecule has 0 amide bonds. The Bertz CT molecular complexity index is 506. The summed E-state index contributed by atoms with van der Waals surface area (Å²) in [4.78, 5) is 0. The van der Waals surface area contributed by atoms with Crippen molar-refractivity contribution in [1.82, 2.24) is 0 Å². The summed E-state index contributed by atoms with van der Waals surface area (Å²) in [6.07, 6.45) is 8.52. The van der Waals surface area contributed by atoms with Crippen LogP contribution in [0.3, 0.4) is 0 Å². The van der Waals surface area contributed by atoms with Crippen molar-refractivity contribution < 1.29 is 0 Å². The maximum absolute atomic E-state index is 8.26. The number of hydrogen-bond donors (Lipinski definition) is 1. The highest BCUT2D eigenvalue weighted by atomic mass is 14.4. The van der Waals surface area contributed by atoms with Gasteiger partial charge in [-0.2, -0.15) is 0 Å². The molecule has 18 heavy (non-hydrogen) atoms. The minimum Gasteiger partial charge on any atom is -0.305 e. The molecule has 0 unspecified atom stereocenters. The monoisotopic (exact) mass is 239 g/mol. The summed E-state index contributed by atoms with van der Waals surface area (Å²) in [7, 11) is 0. The van der Waals surface area contributed by atoms with Crippen LogP contribution in [0.2, 0.25) is 0 Å². The summed E-state index contributed by atoms with van der Waals surface area (Å²) in [5.74, 6) is 0. The van der Waals surface area contributed by atoms with Crippen molar-refractivity contribution >= 4 is 11.3 Å². The maximum Gasteiger partial charge on any atom is 0.0392 e. The van der Waals surface area contributed by atoms with Gasteiger partial charge in [0.1, 0.15) is 0 Å². The predicted octanol–water partition coefficient (Wildman–Crippen LogP) is 4.98. The largest absolute Gasteiger partial charge is 0.305 e. The summed E-state index contributed by atoms with van der Waals surface area (Å²) in [5, 5.41) is 8.26. The van der Waals surface area contributed by atoms with Crippen LogP contribution in [0.25, 0.3) is 5.57 Å². The molecular weight excluding hydrogens is 218 g/mol. The number of allylic oxidation sites excluding steroid dienone is 4. The fraction of sp³-hybridized carbons (Fsp3) is 0.353. The van der Waals surface area contributed by atoms with Crippen molar-refractivity contribution in [2.45, 2.75) is 39.5 Å². The third-order valence-corrected chi connectivity index (χ3v) is 3.52. The highest BCUT2D eigenvalue weighted by Crippen LogP contribution is 2.31. The average Bonchev–Trinajstić information content (AvgIpc) is 2.82. The van der Waals surface area contributed by atoms with Gasteiger partial charge in [0, 0.05) is 11.3 Å². The highest BCUT2D eigenvalue weighted by molar-refractivity contribution is 6.03. The fourth-order valence-corrected chi connectivity index (χ4v) is 2.44. The van der Waals surface area contributed by atoms with Crippen LogP contribution in [0.4, 0.5) is 0 Å². The highest BCUT2D eigenvalue weighted by Gasteiger charge is 2.14. The Morgan fingerprint density at radius 1 is 1.28 bits per heavy atom.